The molecule has 0 spiro atoms. The Kier molecular flexibility index (Phi) is 9.45. The number of imide groups is 2. The van der Waals surface area contributed by atoms with Crippen LogP contribution < -0.4 is 14.8 Å². The molecule has 4 amide bonds. The highest BCUT2D eigenvalue weighted by molar-refractivity contribution is 7.90. The van der Waals surface area contributed by atoms with Crippen molar-refractivity contribution in [3.8, 4) is 5.75 Å². The van der Waals surface area contributed by atoms with Crippen LogP contribution in [0.1, 0.15) is 51.6 Å². The minimum atomic E-state index is -2.70. The van der Waals surface area contributed by atoms with Crippen molar-refractivity contribution in [1.29, 1.82) is 0 Å². The maximum Gasteiger partial charge on any atom is 0.331 e. The number of halogens is 2. The molecule has 1 aromatic carbocycles. The summed E-state index contributed by atoms with van der Waals surface area (Å²) in [6.45, 7) is 6.09. The van der Waals surface area contributed by atoms with Crippen LogP contribution in [0.25, 0.3) is 0 Å². The fraction of sp³-hybridized carbons (Fsp3) is 0.615. The Morgan fingerprint density at radius 3 is 2.48 bits per heavy atom. The zero-order valence-corrected chi connectivity index (χ0v) is 23.3. The van der Waals surface area contributed by atoms with Gasteiger partial charge in [-0.2, -0.15) is 0 Å². The van der Waals surface area contributed by atoms with Crippen LogP contribution in [0.5, 0.6) is 5.75 Å². The Labute approximate surface area is 233 Å². The molecule has 14 heteroatoms. The summed E-state index contributed by atoms with van der Waals surface area (Å²) in [6, 6.07) is 0.0415. The van der Waals surface area contributed by atoms with Crippen LogP contribution in [0.15, 0.2) is 18.2 Å². The lowest BCUT2D eigenvalue weighted by Crippen LogP contribution is -2.64. The van der Waals surface area contributed by atoms with Gasteiger partial charge >= 0.3 is 6.03 Å². The van der Waals surface area contributed by atoms with Gasteiger partial charge in [-0.1, -0.05) is 0 Å². The first-order chi connectivity index (χ1) is 18.9. The quantitative estimate of drug-likeness (QED) is 0.328. The van der Waals surface area contributed by atoms with E-state index in [2.05, 4.69) is 4.72 Å². The van der Waals surface area contributed by atoms with E-state index in [-0.39, 0.29) is 43.5 Å². The van der Waals surface area contributed by atoms with E-state index in [1.165, 1.54) is 12.1 Å². The van der Waals surface area contributed by atoms with E-state index in [1.54, 1.807) is 20.8 Å². The van der Waals surface area contributed by atoms with Gasteiger partial charge in [0.25, 0.3) is 5.91 Å². The van der Waals surface area contributed by atoms with E-state index < -0.39 is 69.7 Å². The lowest BCUT2D eigenvalue weighted by atomic mass is 9.89. The van der Waals surface area contributed by atoms with Gasteiger partial charge in [0.2, 0.25) is 5.91 Å². The molecule has 0 bridgehead atoms. The van der Waals surface area contributed by atoms with Crippen molar-refractivity contribution >= 4 is 35.0 Å². The molecule has 0 saturated carbocycles. The molecule has 220 valence electrons. The van der Waals surface area contributed by atoms with E-state index in [1.807, 2.05) is 5.32 Å². The second-order valence-corrected chi connectivity index (χ2v) is 12.8. The molecule has 40 heavy (non-hydrogen) atoms. The smallest absolute Gasteiger partial charge is 0.331 e. The van der Waals surface area contributed by atoms with Gasteiger partial charge in [-0.15, -0.1) is 4.72 Å². The van der Waals surface area contributed by atoms with Crippen molar-refractivity contribution in [3.05, 3.63) is 29.6 Å². The zero-order chi connectivity index (χ0) is 29.2. The summed E-state index contributed by atoms with van der Waals surface area (Å²) in [6.07, 6.45) is -1.85. The van der Waals surface area contributed by atoms with Gasteiger partial charge in [-0.25, -0.2) is 13.6 Å². The minimum absolute atomic E-state index is 0.169. The number of rotatable bonds is 9. The highest BCUT2D eigenvalue weighted by atomic mass is 32.2. The summed E-state index contributed by atoms with van der Waals surface area (Å²) >= 11 is -2.00. The largest absolute Gasteiger partial charge is 0.598 e. The van der Waals surface area contributed by atoms with E-state index in [0.29, 0.717) is 19.6 Å². The fourth-order valence-corrected chi connectivity index (χ4v) is 5.49. The molecule has 2 N–H and O–H groups in total. The summed E-state index contributed by atoms with van der Waals surface area (Å²) < 4.78 is 62.2. The van der Waals surface area contributed by atoms with Crippen molar-refractivity contribution in [2.75, 3.05) is 26.4 Å². The van der Waals surface area contributed by atoms with Crippen molar-refractivity contribution in [2.24, 2.45) is 5.92 Å². The van der Waals surface area contributed by atoms with E-state index >= 15 is 8.78 Å². The summed E-state index contributed by atoms with van der Waals surface area (Å²) in [5.41, 5.74) is -0.379. The number of amides is 4. The lowest BCUT2D eigenvalue weighted by molar-refractivity contribution is -0.151. The molecular formula is C26H33F2N3O8S. The van der Waals surface area contributed by atoms with Crippen LogP contribution in [-0.4, -0.2) is 82.6 Å². The first-order valence-corrected chi connectivity index (χ1v) is 14.2. The number of hydrogen-bond acceptors (Lipinski definition) is 9. The Hall–Kier alpha value is -2.65. The first-order valence-electron chi connectivity index (χ1n) is 13.0. The van der Waals surface area contributed by atoms with Crippen LogP contribution in [0.3, 0.4) is 0 Å². The van der Waals surface area contributed by atoms with Gasteiger partial charge < -0.3 is 18.8 Å². The number of barbiturate groups is 1. The standard InChI is InChI=1S/C26H33F2N3O8S/c1-26(2,3)40(36)30-21(17-12-15(4-5-18(17)27)39-16-8-11-38-13-16)20(28)22(32)19-23(33)29-25(35)31(24(19)34)14-6-9-37-10-7-14/h4-5,12,14,16,19-21,30H,6-11,13H2,1-3H3,(H,29,33,35)/t16-,19?,20-,21+,40?/m1/s1. The third-order valence-corrected chi connectivity index (χ3v) is 8.46. The molecule has 11 nitrogen and oxygen atoms in total. The summed E-state index contributed by atoms with van der Waals surface area (Å²) in [7, 11) is 0. The topological polar surface area (TPSA) is 146 Å². The van der Waals surface area contributed by atoms with Gasteiger partial charge in [-0.3, -0.25) is 24.6 Å². The molecule has 5 atom stereocenters. The van der Waals surface area contributed by atoms with Crippen LogP contribution in [0.2, 0.25) is 0 Å². The molecule has 3 saturated heterocycles. The third-order valence-electron chi connectivity index (χ3n) is 6.88. The number of ketones is 1. The lowest BCUT2D eigenvalue weighted by Gasteiger charge is -2.37. The van der Waals surface area contributed by atoms with Crippen LogP contribution in [-0.2, 0) is 35.2 Å². The normalized spacial score (nSPS) is 24.9. The zero-order valence-electron chi connectivity index (χ0n) is 22.4. The number of nitrogens with one attached hydrogen (secondary N) is 2. The summed E-state index contributed by atoms with van der Waals surface area (Å²) in [5, 5.41) is 1.96. The number of hydrogen-bond donors (Lipinski definition) is 2. The number of ether oxygens (including phenoxy) is 3. The van der Waals surface area contributed by atoms with E-state index in [0.717, 1.165) is 11.0 Å². The molecular weight excluding hydrogens is 552 g/mol. The molecule has 4 rings (SSSR count). The monoisotopic (exact) mass is 585 g/mol. The minimum Gasteiger partial charge on any atom is -0.598 e. The molecule has 3 aliphatic heterocycles. The van der Waals surface area contributed by atoms with Gasteiger partial charge in [0.15, 0.2) is 17.9 Å². The second kappa shape index (κ2) is 12.5. The first kappa shape index (κ1) is 30.3. The molecule has 0 radical (unpaired) electrons. The van der Waals surface area contributed by atoms with Crippen molar-refractivity contribution in [1.82, 2.24) is 14.9 Å². The molecule has 3 heterocycles. The van der Waals surface area contributed by atoms with E-state index in [4.69, 9.17) is 14.2 Å². The van der Waals surface area contributed by atoms with E-state index in [9.17, 15) is 23.7 Å². The molecule has 1 aromatic rings. The van der Waals surface area contributed by atoms with Gasteiger partial charge in [-0.05, 0) is 51.8 Å². The van der Waals surface area contributed by atoms with Crippen LogP contribution >= 0.6 is 0 Å². The molecule has 0 aromatic heterocycles. The molecule has 2 unspecified atom stereocenters. The Bertz CT molecular complexity index is 1140. The van der Waals surface area contributed by atoms with Crippen molar-refractivity contribution in [3.63, 3.8) is 0 Å². The van der Waals surface area contributed by atoms with Crippen LogP contribution in [0, 0.1) is 11.7 Å². The van der Waals surface area contributed by atoms with Gasteiger partial charge in [0, 0.05) is 42.6 Å². The maximum atomic E-state index is 16.2. The number of urea groups is 1. The number of benzene rings is 1. The maximum absolute atomic E-state index is 16.2. The average Bonchev–Trinajstić information content (AvgIpc) is 3.41. The van der Waals surface area contributed by atoms with Crippen molar-refractivity contribution in [2.45, 2.75) is 69.1 Å². The number of carbonyl (C=O) groups excluding carboxylic acids is 4. The Balaban J connectivity index is 1.65. The second-order valence-electron chi connectivity index (χ2n) is 10.8. The highest BCUT2D eigenvalue weighted by Crippen LogP contribution is 2.32. The predicted octanol–water partition coefficient (Wildman–Crippen LogP) is 1.87. The Morgan fingerprint density at radius 1 is 1.18 bits per heavy atom. The SMILES string of the molecule is CC(C)(C)[S+]([O-])N[C@@H](c1cc(O[C@@H]2CCOC2)ccc1F)[C@@H](F)C(=O)C1C(=O)NC(=O)N(C2CCOCC2)C1=O. The molecule has 3 aliphatic rings. The Morgan fingerprint density at radius 2 is 1.85 bits per heavy atom. The fourth-order valence-electron chi connectivity index (χ4n) is 4.66. The number of Topliss-reactive ketones (excluding diaryl/α,β-unsaturated/α-hetero) is 1. The van der Waals surface area contributed by atoms with Crippen molar-refractivity contribution < 1.29 is 46.7 Å². The number of nitrogens with zero attached hydrogens (tertiary/aromatic N) is 1. The van der Waals surface area contributed by atoms with Gasteiger partial charge in [0.1, 0.15) is 28.5 Å². The highest BCUT2D eigenvalue weighted by Gasteiger charge is 2.51. The summed E-state index contributed by atoms with van der Waals surface area (Å²) in [5.74, 6) is -6.88. The molecule has 3 fully saturated rings. The molecule has 0 aliphatic carbocycles. The predicted molar refractivity (Wildman–Crippen MR) is 138 cm³/mol. The van der Waals surface area contributed by atoms with Gasteiger partial charge in [0.05, 0.1) is 13.2 Å². The number of carbonyl (C=O) groups is 4. The third kappa shape index (κ3) is 6.62. The summed E-state index contributed by atoms with van der Waals surface area (Å²) in [4.78, 5) is 52.6. The van der Waals surface area contributed by atoms with Crippen LogP contribution in [0.4, 0.5) is 13.6 Å². The number of alkyl halides is 1. The average molecular weight is 586 g/mol.